The minimum Gasteiger partial charge on any atom is -0.366 e. The van der Waals surface area contributed by atoms with Gasteiger partial charge in [-0.25, -0.2) is 4.99 Å². The van der Waals surface area contributed by atoms with Crippen LogP contribution >= 0.6 is 0 Å². The maximum absolute atomic E-state index is 13.2. The number of carbonyl (C=O) groups is 2. The number of fused-ring (bicyclic) bond motifs is 4. The van der Waals surface area contributed by atoms with E-state index < -0.39 is 6.10 Å². The molecule has 0 radical (unpaired) electrons. The highest BCUT2D eigenvalue weighted by Gasteiger charge is 2.25. The average molecular weight is 445 g/mol. The second kappa shape index (κ2) is 8.21. The van der Waals surface area contributed by atoms with E-state index in [4.69, 9.17) is 4.74 Å². The zero-order chi connectivity index (χ0) is 23.1. The van der Waals surface area contributed by atoms with Crippen LogP contribution in [0.3, 0.4) is 0 Å². The molecule has 33 heavy (non-hydrogen) atoms. The molecular weight excluding hydrogens is 422 g/mol. The summed E-state index contributed by atoms with van der Waals surface area (Å²) in [6.07, 6.45) is 8.53. The van der Waals surface area contributed by atoms with Crippen molar-refractivity contribution >= 4 is 46.7 Å². The molecule has 2 aliphatic rings. The molecule has 5 heterocycles. The number of aliphatic imine (C=N–C) groups is 1. The first-order chi connectivity index (χ1) is 16.0. The normalized spacial score (nSPS) is 19.8. The molecule has 3 aromatic rings. The van der Waals surface area contributed by atoms with Crippen LogP contribution in [0.1, 0.15) is 40.1 Å². The van der Waals surface area contributed by atoms with Gasteiger partial charge in [-0.3, -0.25) is 24.4 Å². The number of pyridine rings is 1. The van der Waals surface area contributed by atoms with Crippen LogP contribution in [-0.2, 0) is 23.0 Å². The number of likely N-dealkylation sites (N-methyl/N-ethyl adjacent to an activating group) is 1. The standard InChI is InChI=1S/C23H23N7O3/c1-4-19-13-5-6-16-14-9-17(24-11-18(14)27-26-16)15-10-21(31)25-12-20(15)33-8-7-29(2)23(32)22(13)28-30(19)3/h5-6,9-12,20H,4,7-8H2,1-3H3,(H,26,27)/b6-5+. The predicted octanol–water partition coefficient (Wildman–Crippen LogP) is 1.89. The van der Waals surface area contributed by atoms with Crippen molar-refractivity contribution in [1.82, 2.24) is 29.9 Å². The van der Waals surface area contributed by atoms with Crippen LogP contribution in [0.15, 0.2) is 23.3 Å². The van der Waals surface area contributed by atoms with E-state index in [9.17, 15) is 9.59 Å². The Kier molecular flexibility index (Phi) is 5.21. The zero-order valence-corrected chi connectivity index (χ0v) is 18.6. The number of nitrogens with zero attached hydrogens (tertiary/aromatic N) is 6. The third-order valence-corrected chi connectivity index (χ3v) is 5.92. The van der Waals surface area contributed by atoms with Gasteiger partial charge in [-0.2, -0.15) is 10.2 Å². The van der Waals surface area contributed by atoms with Crippen molar-refractivity contribution in [3.05, 3.63) is 46.7 Å². The first kappa shape index (κ1) is 21.0. The molecule has 10 nitrogen and oxygen atoms in total. The van der Waals surface area contributed by atoms with Crippen LogP contribution in [0.5, 0.6) is 0 Å². The summed E-state index contributed by atoms with van der Waals surface area (Å²) in [7, 11) is 3.56. The summed E-state index contributed by atoms with van der Waals surface area (Å²) in [5, 5.41) is 12.7. The fourth-order valence-corrected chi connectivity index (χ4v) is 4.14. The van der Waals surface area contributed by atoms with E-state index in [1.54, 1.807) is 22.8 Å². The Morgan fingerprint density at radius 2 is 2.09 bits per heavy atom. The van der Waals surface area contributed by atoms with E-state index in [0.29, 0.717) is 29.2 Å². The molecule has 0 aliphatic carbocycles. The topological polar surface area (TPSA) is 118 Å². The van der Waals surface area contributed by atoms with Crippen LogP contribution in [-0.4, -0.2) is 74.2 Å². The van der Waals surface area contributed by atoms with Gasteiger partial charge in [0.15, 0.2) is 5.69 Å². The number of ether oxygens (including phenoxy) is 1. The van der Waals surface area contributed by atoms with Crippen molar-refractivity contribution in [3.63, 3.8) is 0 Å². The van der Waals surface area contributed by atoms with E-state index in [-0.39, 0.29) is 18.4 Å². The Labute approximate surface area is 189 Å². The lowest BCUT2D eigenvalue weighted by atomic mass is 10.0. The highest BCUT2D eigenvalue weighted by molar-refractivity contribution is 6.08. The summed E-state index contributed by atoms with van der Waals surface area (Å²) >= 11 is 0. The second-order valence-electron chi connectivity index (χ2n) is 7.98. The minimum atomic E-state index is -0.552. The third-order valence-electron chi connectivity index (χ3n) is 5.92. The number of aryl methyl sites for hydroxylation is 1. The number of rotatable bonds is 1. The van der Waals surface area contributed by atoms with Crippen LogP contribution in [0, 0.1) is 0 Å². The number of H-pyrrole nitrogens is 1. The van der Waals surface area contributed by atoms with Crippen molar-refractivity contribution in [1.29, 1.82) is 0 Å². The molecule has 2 amide bonds. The van der Waals surface area contributed by atoms with E-state index in [2.05, 4.69) is 25.3 Å². The van der Waals surface area contributed by atoms with Crippen molar-refractivity contribution in [3.8, 4) is 0 Å². The molecule has 2 aliphatic heterocycles. The van der Waals surface area contributed by atoms with Gasteiger partial charge in [0.1, 0.15) is 6.10 Å². The molecule has 2 bridgehead atoms. The van der Waals surface area contributed by atoms with Gasteiger partial charge in [-0.15, -0.1) is 0 Å². The van der Waals surface area contributed by atoms with Crippen LogP contribution < -0.4 is 0 Å². The van der Waals surface area contributed by atoms with Crippen molar-refractivity contribution in [2.24, 2.45) is 12.0 Å². The SMILES string of the molecule is CCc1c2c(nn1C)C(=O)N(C)CCOC1C=NC(=O)C=C1c1cc3c(n[nH]c3cn1)/C=C/2. The number of aromatic amines is 1. The van der Waals surface area contributed by atoms with Gasteiger partial charge in [-0.05, 0) is 24.6 Å². The van der Waals surface area contributed by atoms with Crippen molar-refractivity contribution < 1.29 is 14.3 Å². The number of amides is 2. The van der Waals surface area contributed by atoms with Crippen LogP contribution in [0.25, 0.3) is 28.6 Å². The van der Waals surface area contributed by atoms with Crippen molar-refractivity contribution in [2.45, 2.75) is 19.4 Å². The van der Waals surface area contributed by atoms with Crippen LogP contribution in [0.4, 0.5) is 0 Å². The second-order valence-corrected chi connectivity index (χ2v) is 7.98. The Balaban J connectivity index is 1.68. The molecule has 3 aromatic heterocycles. The molecule has 0 saturated carbocycles. The minimum absolute atomic E-state index is 0.193. The lowest BCUT2D eigenvalue weighted by Gasteiger charge is -2.21. The van der Waals surface area contributed by atoms with Gasteiger partial charge in [-0.1, -0.05) is 6.92 Å². The first-order valence-corrected chi connectivity index (χ1v) is 10.7. The van der Waals surface area contributed by atoms with E-state index >= 15 is 0 Å². The molecule has 0 aromatic carbocycles. The molecule has 0 spiro atoms. The molecule has 1 atom stereocenters. The van der Waals surface area contributed by atoms with Gasteiger partial charge >= 0.3 is 0 Å². The highest BCUT2D eigenvalue weighted by Crippen LogP contribution is 2.27. The number of dihydropyridines is 1. The summed E-state index contributed by atoms with van der Waals surface area (Å²) in [4.78, 5) is 35.2. The third kappa shape index (κ3) is 3.68. The monoisotopic (exact) mass is 445 g/mol. The van der Waals surface area contributed by atoms with E-state index in [0.717, 1.165) is 28.6 Å². The smallest absolute Gasteiger partial charge is 0.274 e. The summed E-state index contributed by atoms with van der Waals surface area (Å²) in [6.45, 7) is 2.63. The first-order valence-electron chi connectivity index (χ1n) is 10.7. The van der Waals surface area contributed by atoms with Gasteiger partial charge in [0, 0.05) is 55.1 Å². The van der Waals surface area contributed by atoms with Gasteiger partial charge in [0.05, 0.1) is 29.7 Å². The van der Waals surface area contributed by atoms with E-state index in [1.165, 1.54) is 12.3 Å². The van der Waals surface area contributed by atoms with E-state index in [1.807, 2.05) is 32.2 Å². The molecular formula is C23H23N7O3. The maximum Gasteiger partial charge on any atom is 0.274 e. The predicted molar refractivity (Wildman–Crippen MR) is 124 cm³/mol. The zero-order valence-electron chi connectivity index (χ0n) is 18.6. The Morgan fingerprint density at radius 3 is 2.91 bits per heavy atom. The summed E-state index contributed by atoms with van der Waals surface area (Å²) < 4.78 is 7.75. The van der Waals surface area contributed by atoms with Gasteiger partial charge in [0.2, 0.25) is 0 Å². The Hall–Kier alpha value is -3.92. The maximum atomic E-state index is 13.2. The molecule has 0 saturated heterocycles. The largest absolute Gasteiger partial charge is 0.366 e. The van der Waals surface area contributed by atoms with Gasteiger partial charge in [0.25, 0.3) is 11.8 Å². The summed E-state index contributed by atoms with van der Waals surface area (Å²) in [6, 6.07) is 1.88. The number of carbonyl (C=O) groups excluding carboxylic acids is 2. The molecule has 10 heteroatoms. The summed E-state index contributed by atoms with van der Waals surface area (Å²) in [5.41, 5.74) is 4.79. The fraction of sp³-hybridized carbons (Fsp3) is 0.304. The Bertz CT molecular complexity index is 1360. The molecule has 0 fully saturated rings. The molecule has 168 valence electrons. The molecule has 1 unspecified atom stereocenters. The lowest BCUT2D eigenvalue weighted by Crippen LogP contribution is -2.33. The number of nitrogens with one attached hydrogen (secondary N) is 1. The molecule has 1 N–H and O–H groups in total. The van der Waals surface area contributed by atoms with Gasteiger partial charge < -0.3 is 9.64 Å². The lowest BCUT2D eigenvalue weighted by molar-refractivity contribution is -0.113. The number of hydrogen-bond acceptors (Lipinski definition) is 6. The molecule has 5 rings (SSSR count). The van der Waals surface area contributed by atoms with Crippen molar-refractivity contribution in [2.75, 3.05) is 20.2 Å². The average Bonchev–Trinajstić information content (AvgIpc) is 3.36. The summed E-state index contributed by atoms with van der Waals surface area (Å²) in [5.74, 6) is -0.556. The number of aromatic nitrogens is 5. The van der Waals surface area contributed by atoms with Crippen LogP contribution in [0.2, 0.25) is 0 Å². The quantitative estimate of drug-likeness (QED) is 0.611. The Morgan fingerprint density at radius 1 is 1.24 bits per heavy atom. The number of hydrogen-bond donors (Lipinski definition) is 1. The fourth-order valence-electron chi connectivity index (χ4n) is 4.14. The highest BCUT2D eigenvalue weighted by atomic mass is 16.5.